The summed E-state index contributed by atoms with van der Waals surface area (Å²) in [7, 11) is 5.12. The number of halogens is 1. The molecule has 2 aromatic heterocycles. The number of thioether (sulfide) groups is 1. The van der Waals surface area contributed by atoms with Gasteiger partial charge in [-0.3, -0.25) is 9.20 Å². The van der Waals surface area contributed by atoms with Crippen molar-refractivity contribution >= 4 is 34.6 Å². The van der Waals surface area contributed by atoms with Crippen molar-refractivity contribution in [1.82, 2.24) is 14.6 Å². The first-order chi connectivity index (χ1) is 18.5. The van der Waals surface area contributed by atoms with Crippen LogP contribution in [0.5, 0.6) is 11.6 Å². The predicted octanol–water partition coefficient (Wildman–Crippen LogP) is 3.71. The molecule has 2 aliphatic rings. The lowest BCUT2D eigenvalue weighted by Crippen LogP contribution is -2.46. The van der Waals surface area contributed by atoms with E-state index in [1.807, 2.05) is 30.1 Å². The highest BCUT2D eigenvalue weighted by Gasteiger charge is 2.28. The molecule has 0 spiro atoms. The summed E-state index contributed by atoms with van der Waals surface area (Å²) in [5.74, 6) is 8.50. The van der Waals surface area contributed by atoms with Crippen molar-refractivity contribution < 1.29 is 18.7 Å². The van der Waals surface area contributed by atoms with Crippen molar-refractivity contribution in [3.8, 4) is 23.5 Å². The fourth-order valence-corrected chi connectivity index (χ4v) is 5.74. The second-order valence-electron chi connectivity index (χ2n) is 9.33. The predicted molar refractivity (Wildman–Crippen MR) is 150 cm³/mol. The van der Waals surface area contributed by atoms with Crippen LogP contribution in [0.1, 0.15) is 22.3 Å². The molecule has 0 saturated carbocycles. The number of alkyl halides is 1. The molecule has 2 aliphatic heterocycles. The second kappa shape index (κ2) is 11.5. The highest BCUT2D eigenvalue weighted by molar-refractivity contribution is 7.99. The summed E-state index contributed by atoms with van der Waals surface area (Å²) in [5, 5.41) is 10.4. The van der Waals surface area contributed by atoms with Gasteiger partial charge in [-0.1, -0.05) is 11.8 Å². The van der Waals surface area contributed by atoms with Crippen LogP contribution < -0.4 is 25.4 Å². The molecule has 0 radical (unpaired) electrons. The van der Waals surface area contributed by atoms with Gasteiger partial charge in [-0.05, 0) is 43.8 Å². The molecule has 5 rings (SSSR count). The van der Waals surface area contributed by atoms with Gasteiger partial charge in [0.1, 0.15) is 11.9 Å². The van der Waals surface area contributed by atoms with Gasteiger partial charge in [0.05, 0.1) is 53.8 Å². The monoisotopic (exact) mass is 537 g/mol. The molecule has 0 aliphatic carbocycles. The van der Waals surface area contributed by atoms with Crippen LogP contribution in [-0.2, 0) is 0 Å². The Hall–Kier alpha value is -3.55. The number of hydrogen-bond acceptors (Lipinski definition) is 7. The van der Waals surface area contributed by atoms with Crippen LogP contribution in [0.25, 0.3) is 5.52 Å². The van der Waals surface area contributed by atoms with Gasteiger partial charge in [0, 0.05) is 37.5 Å². The number of ether oxygens (including phenoxy) is 2. The molecule has 3 aromatic rings. The van der Waals surface area contributed by atoms with Gasteiger partial charge in [0.15, 0.2) is 5.88 Å². The van der Waals surface area contributed by atoms with Crippen molar-refractivity contribution in [1.29, 1.82) is 0 Å². The lowest BCUT2D eigenvalue weighted by molar-refractivity contribution is 0.0962. The minimum absolute atomic E-state index is 0.173. The Kier molecular flexibility index (Phi) is 7.86. The number of amides is 1. The zero-order valence-electron chi connectivity index (χ0n) is 21.8. The number of benzene rings is 1. The molecule has 8 nitrogen and oxygen atoms in total. The fraction of sp³-hybridized carbons (Fsp3) is 0.393. The number of nitrogens with zero attached hydrogens (tertiary/aromatic N) is 2. The van der Waals surface area contributed by atoms with E-state index in [1.54, 1.807) is 38.1 Å². The first kappa shape index (κ1) is 26.1. The lowest BCUT2D eigenvalue weighted by Gasteiger charge is -2.33. The number of hydrogen-bond donors (Lipinski definition) is 3. The van der Waals surface area contributed by atoms with Crippen LogP contribution >= 0.6 is 11.8 Å². The summed E-state index contributed by atoms with van der Waals surface area (Å²) >= 11 is 1.71. The molecule has 1 aromatic carbocycles. The smallest absolute Gasteiger partial charge is 0.251 e. The van der Waals surface area contributed by atoms with E-state index in [0.717, 1.165) is 52.1 Å². The van der Waals surface area contributed by atoms with Crippen LogP contribution in [0.4, 0.5) is 15.8 Å². The number of methoxy groups -OCH3 is 1. The number of carbonyl (C=O) groups is 1. The zero-order valence-corrected chi connectivity index (χ0v) is 22.6. The largest absolute Gasteiger partial charge is 0.495 e. The van der Waals surface area contributed by atoms with Gasteiger partial charge in [-0.25, -0.2) is 4.39 Å². The molecule has 1 saturated heterocycles. The van der Waals surface area contributed by atoms with Crippen LogP contribution in [0.3, 0.4) is 0 Å². The van der Waals surface area contributed by atoms with Crippen molar-refractivity contribution in [2.24, 2.45) is 0 Å². The molecule has 2 atom stereocenters. The minimum atomic E-state index is -0.933. The molecule has 0 unspecified atom stereocenters. The zero-order chi connectivity index (χ0) is 26.6. The Balaban J connectivity index is 1.39. The molecular formula is C28H32FN5O3S. The highest BCUT2D eigenvalue weighted by atomic mass is 32.2. The minimum Gasteiger partial charge on any atom is -0.495 e. The lowest BCUT2D eigenvalue weighted by atomic mass is 10.0. The summed E-state index contributed by atoms with van der Waals surface area (Å²) in [6.45, 7) is 2.29. The number of aromatic nitrogens is 1. The molecule has 3 N–H and O–H groups in total. The van der Waals surface area contributed by atoms with Gasteiger partial charge in [0.2, 0.25) is 0 Å². The van der Waals surface area contributed by atoms with E-state index in [2.05, 4.69) is 38.3 Å². The summed E-state index contributed by atoms with van der Waals surface area (Å²) in [4.78, 5) is 13.9. The first-order valence-corrected chi connectivity index (χ1v) is 13.6. The van der Waals surface area contributed by atoms with Crippen LogP contribution in [0.2, 0.25) is 0 Å². The van der Waals surface area contributed by atoms with Crippen molar-refractivity contribution in [3.63, 3.8) is 0 Å². The van der Waals surface area contributed by atoms with Crippen LogP contribution in [0.15, 0.2) is 41.4 Å². The number of anilines is 2. The standard InChI is InChI=1S/C28H32FN5O3S/c1-30-27(35)18-6-7-23(25(16-18)36-3)31-11-4-5-19-15-24-22(32-21-10-12-33(2)17-20(21)29)8-9-26-34(24)28(19)38-14-13-37-26/h6-9,15-16,20-21,31-32H,10-14,17H2,1-3H3,(H,30,35)/t20-,21+/m1/s1. The highest BCUT2D eigenvalue weighted by Crippen LogP contribution is 2.37. The Morgan fingerprint density at radius 2 is 2.11 bits per heavy atom. The molecule has 0 bridgehead atoms. The number of nitrogens with one attached hydrogen (secondary N) is 3. The third-order valence-electron chi connectivity index (χ3n) is 6.78. The van der Waals surface area contributed by atoms with Crippen LogP contribution in [0, 0.1) is 11.8 Å². The van der Waals surface area contributed by atoms with Gasteiger partial charge >= 0.3 is 0 Å². The Labute approximate surface area is 226 Å². The normalized spacial score (nSPS) is 19.1. The van der Waals surface area contributed by atoms with E-state index < -0.39 is 6.17 Å². The third-order valence-corrected chi connectivity index (χ3v) is 7.83. The quantitative estimate of drug-likeness (QED) is 0.414. The molecule has 10 heteroatoms. The topological polar surface area (TPSA) is 79.3 Å². The van der Waals surface area contributed by atoms with Crippen molar-refractivity contribution in [2.75, 3.05) is 63.8 Å². The number of pyridine rings is 1. The number of piperidine rings is 1. The van der Waals surface area contributed by atoms with E-state index in [0.29, 0.717) is 31.0 Å². The maximum absolute atomic E-state index is 14.8. The summed E-state index contributed by atoms with van der Waals surface area (Å²) < 4.78 is 28.3. The van der Waals surface area contributed by atoms with E-state index in [4.69, 9.17) is 9.47 Å². The first-order valence-electron chi connectivity index (χ1n) is 12.6. The average molecular weight is 538 g/mol. The van der Waals surface area contributed by atoms with Gasteiger partial charge in [-0.15, -0.1) is 11.8 Å². The second-order valence-corrected chi connectivity index (χ2v) is 10.4. The van der Waals surface area contributed by atoms with E-state index in [1.165, 1.54) is 0 Å². The molecule has 1 fully saturated rings. The average Bonchev–Trinajstić information content (AvgIpc) is 3.15. The molecular weight excluding hydrogens is 505 g/mol. The Morgan fingerprint density at radius 3 is 2.89 bits per heavy atom. The van der Waals surface area contributed by atoms with Crippen molar-refractivity contribution in [2.45, 2.75) is 23.7 Å². The van der Waals surface area contributed by atoms with Gasteiger partial charge in [-0.2, -0.15) is 0 Å². The van der Waals surface area contributed by atoms with E-state index >= 15 is 0 Å². The van der Waals surface area contributed by atoms with Gasteiger partial charge < -0.3 is 30.3 Å². The third kappa shape index (κ3) is 5.35. The fourth-order valence-electron chi connectivity index (χ4n) is 4.80. The summed E-state index contributed by atoms with van der Waals surface area (Å²) in [5.41, 5.74) is 3.99. The molecule has 200 valence electrons. The Bertz CT molecular complexity index is 1400. The molecule has 38 heavy (non-hydrogen) atoms. The maximum atomic E-state index is 14.8. The maximum Gasteiger partial charge on any atom is 0.251 e. The molecule has 1 amide bonds. The Morgan fingerprint density at radius 1 is 1.26 bits per heavy atom. The molecule has 4 heterocycles. The van der Waals surface area contributed by atoms with Crippen molar-refractivity contribution in [3.05, 3.63) is 47.5 Å². The summed E-state index contributed by atoms with van der Waals surface area (Å²) in [6, 6.07) is 11.0. The van der Waals surface area contributed by atoms with Crippen LogP contribution in [-0.4, -0.2) is 80.6 Å². The number of carbonyl (C=O) groups excluding carboxylic acids is 1. The van der Waals surface area contributed by atoms with E-state index in [-0.39, 0.29) is 11.9 Å². The van der Waals surface area contributed by atoms with Gasteiger partial charge in [0.25, 0.3) is 5.91 Å². The SMILES string of the molecule is CNC(=O)c1ccc(NCC#Cc2cc3c(N[C@H]4CCN(C)C[C@H]4F)ccc4n3c2SCCO4)c(OC)c1. The summed E-state index contributed by atoms with van der Waals surface area (Å²) in [6.07, 6.45) is -0.187. The number of likely N-dealkylation sites (tertiary alicyclic amines) is 1. The number of rotatable bonds is 6. The van der Waals surface area contributed by atoms with E-state index in [9.17, 15) is 9.18 Å².